The summed E-state index contributed by atoms with van der Waals surface area (Å²) < 4.78 is 32.2. The Labute approximate surface area is 218 Å². The summed E-state index contributed by atoms with van der Waals surface area (Å²) in [7, 11) is 0.216. The molecule has 0 aliphatic rings. The Morgan fingerprint density at radius 1 is 0.946 bits per heavy atom. The molecule has 9 heteroatoms. The number of rotatable bonds is 10. The first-order valence-electron chi connectivity index (χ1n) is 11.9. The lowest BCUT2D eigenvalue weighted by Gasteiger charge is -2.17. The third-order valence-electron chi connectivity index (χ3n) is 5.88. The molecule has 1 heterocycles. The summed E-state index contributed by atoms with van der Waals surface area (Å²) >= 11 is 0. The lowest BCUT2D eigenvalue weighted by molar-refractivity contribution is 0.199. The number of nitrogens with zero attached hydrogens (tertiary/aromatic N) is 2. The minimum Gasteiger partial charge on any atom is -0.497 e. The summed E-state index contributed by atoms with van der Waals surface area (Å²) in [5, 5.41) is 14.2. The summed E-state index contributed by atoms with van der Waals surface area (Å²) in [6.45, 7) is 3.68. The Kier molecular flexibility index (Phi) is 8.27. The molecule has 8 nitrogen and oxygen atoms in total. The van der Waals surface area contributed by atoms with Crippen LogP contribution < -0.4 is 19.5 Å². The highest BCUT2D eigenvalue weighted by molar-refractivity contribution is 7.91. The summed E-state index contributed by atoms with van der Waals surface area (Å²) in [5.74, 6) is 1.49. The Bertz CT molecular complexity index is 1460. The average Bonchev–Trinajstić information content (AvgIpc) is 2.92. The van der Waals surface area contributed by atoms with Gasteiger partial charge in [0.05, 0.1) is 36.8 Å². The first-order valence-corrected chi connectivity index (χ1v) is 13.5. The summed E-state index contributed by atoms with van der Waals surface area (Å²) in [6.07, 6.45) is 1.07. The van der Waals surface area contributed by atoms with Crippen molar-refractivity contribution in [2.24, 2.45) is 4.36 Å². The Balaban J connectivity index is 1.62. The maximum Gasteiger partial charge on any atom is 0.137 e. The number of aromatic nitrogens is 1. The van der Waals surface area contributed by atoms with Crippen LogP contribution in [0.3, 0.4) is 0 Å². The van der Waals surface area contributed by atoms with E-state index in [0.717, 1.165) is 39.3 Å². The monoisotopic (exact) mass is 520 g/mol. The van der Waals surface area contributed by atoms with Gasteiger partial charge in [-0.2, -0.15) is 0 Å². The molecule has 4 aromatic rings. The molecular formula is C28H32N4O4S. The molecule has 0 saturated carbocycles. The van der Waals surface area contributed by atoms with Gasteiger partial charge in [0.1, 0.15) is 21.4 Å². The Morgan fingerprint density at radius 3 is 2.27 bits per heavy atom. The molecule has 0 saturated heterocycles. The molecule has 0 aliphatic heterocycles. The van der Waals surface area contributed by atoms with Crippen LogP contribution in [0.25, 0.3) is 10.9 Å². The highest BCUT2D eigenvalue weighted by atomic mass is 32.2. The minimum absolute atomic E-state index is 0.143. The van der Waals surface area contributed by atoms with Crippen molar-refractivity contribution < 1.29 is 18.8 Å². The smallest absolute Gasteiger partial charge is 0.137 e. The largest absolute Gasteiger partial charge is 0.497 e. The van der Waals surface area contributed by atoms with Gasteiger partial charge >= 0.3 is 0 Å². The van der Waals surface area contributed by atoms with E-state index in [9.17, 15) is 9.32 Å². The van der Waals surface area contributed by atoms with Crippen molar-refractivity contribution in [2.75, 3.05) is 26.1 Å². The fourth-order valence-electron chi connectivity index (χ4n) is 3.82. The van der Waals surface area contributed by atoms with Gasteiger partial charge in [-0.3, -0.25) is 4.98 Å². The predicted molar refractivity (Wildman–Crippen MR) is 148 cm³/mol. The van der Waals surface area contributed by atoms with E-state index in [1.165, 1.54) is 0 Å². The van der Waals surface area contributed by atoms with Crippen molar-refractivity contribution in [3.8, 4) is 11.5 Å². The van der Waals surface area contributed by atoms with E-state index in [1.54, 1.807) is 39.5 Å². The van der Waals surface area contributed by atoms with Gasteiger partial charge in [-0.25, -0.2) is 13.3 Å². The maximum atomic E-state index is 14.0. The van der Waals surface area contributed by atoms with E-state index >= 15 is 0 Å². The highest BCUT2D eigenvalue weighted by Gasteiger charge is 2.17. The predicted octanol–water partition coefficient (Wildman–Crippen LogP) is 5.47. The number of aliphatic hydroxyl groups is 1. The van der Waals surface area contributed by atoms with Crippen molar-refractivity contribution in [1.82, 2.24) is 9.71 Å². The molecule has 3 aromatic carbocycles. The van der Waals surface area contributed by atoms with Crippen LogP contribution in [0.4, 0.5) is 11.4 Å². The van der Waals surface area contributed by atoms with Gasteiger partial charge in [0.15, 0.2) is 0 Å². The molecule has 194 valence electrons. The van der Waals surface area contributed by atoms with Gasteiger partial charge in [-0.1, -0.05) is 12.1 Å². The number of ether oxygens (including phenoxy) is 2. The first-order chi connectivity index (χ1) is 17.8. The molecule has 0 fully saturated rings. The van der Waals surface area contributed by atoms with Gasteiger partial charge in [0.2, 0.25) is 0 Å². The fourth-order valence-corrected chi connectivity index (χ4v) is 5.73. The molecule has 0 bridgehead atoms. The number of benzene rings is 3. The second kappa shape index (κ2) is 11.6. The van der Waals surface area contributed by atoms with E-state index in [1.807, 2.05) is 67.6 Å². The molecule has 1 aromatic heterocycles. The van der Waals surface area contributed by atoms with Gasteiger partial charge in [-0.05, 0) is 74.0 Å². The van der Waals surface area contributed by atoms with Crippen molar-refractivity contribution in [3.63, 3.8) is 0 Å². The second-order valence-corrected chi connectivity index (χ2v) is 10.7. The van der Waals surface area contributed by atoms with Crippen LogP contribution in [0.15, 0.2) is 88.3 Å². The van der Waals surface area contributed by atoms with Gasteiger partial charge in [0.25, 0.3) is 0 Å². The number of hydrogen-bond donors (Lipinski definition) is 3. The van der Waals surface area contributed by atoms with Gasteiger partial charge in [0, 0.05) is 35.6 Å². The second-order valence-electron chi connectivity index (χ2n) is 8.67. The van der Waals surface area contributed by atoms with Crippen LogP contribution >= 0.6 is 0 Å². The number of nitrogens with one attached hydrogen (secondary N) is 2. The van der Waals surface area contributed by atoms with Gasteiger partial charge < -0.3 is 19.9 Å². The zero-order chi connectivity index (χ0) is 26.4. The molecule has 4 rings (SSSR count). The van der Waals surface area contributed by atoms with Crippen LogP contribution in [0.1, 0.15) is 25.5 Å². The number of methoxy groups -OCH3 is 2. The third-order valence-corrected chi connectivity index (χ3v) is 7.96. The zero-order valence-corrected chi connectivity index (χ0v) is 22.2. The van der Waals surface area contributed by atoms with E-state index in [0.29, 0.717) is 4.90 Å². The lowest BCUT2D eigenvalue weighted by Crippen LogP contribution is -2.31. The van der Waals surface area contributed by atoms with Crippen molar-refractivity contribution >= 4 is 32.2 Å². The van der Waals surface area contributed by atoms with Crippen LogP contribution in [-0.2, 0) is 9.92 Å². The van der Waals surface area contributed by atoms with E-state index in [4.69, 9.17) is 9.47 Å². The molecule has 0 aliphatic carbocycles. The highest BCUT2D eigenvalue weighted by Crippen LogP contribution is 2.29. The molecule has 0 unspecified atom stereocenters. The number of hydrogen-bond acceptors (Lipinski definition) is 7. The quantitative estimate of drug-likeness (QED) is 0.256. The Morgan fingerprint density at radius 2 is 1.62 bits per heavy atom. The molecule has 0 amide bonds. The van der Waals surface area contributed by atoms with Crippen molar-refractivity contribution in [1.29, 1.82) is 0 Å². The topological polar surface area (TPSA) is 105 Å². The number of fused-ring (bicyclic) bond motifs is 1. The average molecular weight is 521 g/mol. The van der Waals surface area contributed by atoms with Crippen LogP contribution in [0.5, 0.6) is 11.5 Å². The van der Waals surface area contributed by atoms with E-state index < -0.39 is 16.0 Å². The molecule has 0 radical (unpaired) electrons. The molecule has 3 atom stereocenters. The summed E-state index contributed by atoms with van der Waals surface area (Å²) in [5.41, 5.74) is 3.45. The standard InChI is InChI=1S/C28H32N4O4S/c1-19(33)18-30-37(34,32-20(2)21-5-9-23(35-3)10-6-21)25-12-7-22(8-13-25)31-27-15-16-29-28-17-24(36-4)11-14-26(27)28/h5-17,19-20,33H,18H2,1-4H3,(H,29,31)(H,30,32,34)/t19-,20-,37+/m1/s1. The Hall–Kier alpha value is -3.66. The molecule has 37 heavy (non-hydrogen) atoms. The first kappa shape index (κ1) is 26.4. The van der Waals surface area contributed by atoms with E-state index in [2.05, 4.69) is 19.4 Å². The number of aliphatic hydroxyl groups excluding tert-OH is 1. The molecule has 3 N–H and O–H groups in total. The summed E-state index contributed by atoms with van der Waals surface area (Å²) in [4.78, 5) is 4.96. The minimum atomic E-state index is -3.03. The normalized spacial score (nSPS) is 14.4. The SMILES string of the molecule is COc1ccc([C@@H](C)N=[S@@](=O)(NC[C@@H](C)O)c2ccc(Nc3ccnc4cc(OC)ccc34)cc2)cc1. The number of pyridine rings is 1. The van der Waals surface area contributed by atoms with Crippen LogP contribution in [0, 0.1) is 0 Å². The summed E-state index contributed by atoms with van der Waals surface area (Å²) in [6, 6.07) is 22.1. The molecule has 0 spiro atoms. The third kappa shape index (κ3) is 6.37. The number of anilines is 2. The van der Waals surface area contributed by atoms with Crippen molar-refractivity contribution in [3.05, 3.63) is 84.6 Å². The van der Waals surface area contributed by atoms with Crippen LogP contribution in [0.2, 0.25) is 0 Å². The van der Waals surface area contributed by atoms with Crippen molar-refractivity contribution in [2.45, 2.75) is 30.9 Å². The molecular weight excluding hydrogens is 488 g/mol. The van der Waals surface area contributed by atoms with E-state index in [-0.39, 0.29) is 12.6 Å². The maximum absolute atomic E-state index is 14.0. The lowest BCUT2D eigenvalue weighted by atomic mass is 10.1. The zero-order valence-electron chi connectivity index (χ0n) is 21.3. The van der Waals surface area contributed by atoms with Crippen LogP contribution in [-0.4, -0.2) is 41.2 Å². The fraction of sp³-hybridized carbons (Fsp3) is 0.250. The van der Waals surface area contributed by atoms with Gasteiger partial charge in [-0.15, -0.1) is 0 Å².